The van der Waals surface area contributed by atoms with Crippen molar-refractivity contribution >= 4 is 15.9 Å². The van der Waals surface area contributed by atoms with Crippen LogP contribution in [0.2, 0.25) is 0 Å². The van der Waals surface area contributed by atoms with E-state index in [-0.39, 0.29) is 28.4 Å². The topological polar surface area (TPSA) is 75.7 Å². The molecule has 1 aliphatic heterocycles. The van der Waals surface area contributed by atoms with Crippen LogP contribution in [0.1, 0.15) is 49.2 Å². The number of hydrogen-bond donors (Lipinski definition) is 1. The van der Waals surface area contributed by atoms with Gasteiger partial charge in [0.2, 0.25) is 10.0 Å². The van der Waals surface area contributed by atoms with Crippen LogP contribution in [0.3, 0.4) is 0 Å². The molecule has 0 aromatic heterocycles. The van der Waals surface area contributed by atoms with Gasteiger partial charge >= 0.3 is 0 Å². The number of amides is 1. The number of nitrogens with zero attached hydrogens (tertiary/aromatic N) is 1. The normalized spacial score (nSPS) is 20.4. The number of morpholine rings is 1. The van der Waals surface area contributed by atoms with E-state index in [9.17, 15) is 13.2 Å². The molecule has 2 aromatic rings. The molecule has 2 unspecified atom stereocenters. The maximum Gasteiger partial charge on any atom is 0.251 e. The Morgan fingerprint density at radius 3 is 2.39 bits per heavy atom. The predicted octanol–water partition coefficient (Wildman–Crippen LogP) is 3.50. The maximum absolute atomic E-state index is 13.1. The van der Waals surface area contributed by atoms with Crippen molar-refractivity contribution in [3.63, 3.8) is 0 Å². The summed E-state index contributed by atoms with van der Waals surface area (Å²) in [5, 5.41) is 2.96. The highest BCUT2D eigenvalue weighted by Crippen LogP contribution is 2.24. The van der Waals surface area contributed by atoms with Crippen LogP contribution >= 0.6 is 0 Å². The van der Waals surface area contributed by atoms with E-state index >= 15 is 0 Å². The van der Waals surface area contributed by atoms with Crippen LogP contribution in [0.4, 0.5) is 0 Å². The van der Waals surface area contributed by atoms with E-state index in [1.165, 1.54) is 22.0 Å². The molecule has 1 saturated heterocycles. The molecule has 31 heavy (non-hydrogen) atoms. The first-order valence-corrected chi connectivity index (χ1v) is 12.0. The van der Waals surface area contributed by atoms with Crippen LogP contribution in [0.5, 0.6) is 0 Å². The van der Waals surface area contributed by atoms with Gasteiger partial charge in [-0.1, -0.05) is 49.7 Å². The first-order chi connectivity index (χ1) is 14.5. The summed E-state index contributed by atoms with van der Waals surface area (Å²) in [6, 6.07) is 14.5. The quantitative estimate of drug-likeness (QED) is 0.740. The highest BCUT2D eigenvalue weighted by Gasteiger charge is 2.32. The van der Waals surface area contributed by atoms with Gasteiger partial charge in [-0.3, -0.25) is 4.79 Å². The number of ether oxygens (including phenoxy) is 1. The molecule has 7 heteroatoms. The largest absolute Gasteiger partial charge is 0.373 e. The van der Waals surface area contributed by atoms with Crippen LogP contribution in [-0.2, 0) is 20.2 Å². The molecule has 0 radical (unpaired) electrons. The first-order valence-electron chi connectivity index (χ1n) is 10.6. The van der Waals surface area contributed by atoms with Crippen molar-refractivity contribution < 1.29 is 17.9 Å². The Bertz CT molecular complexity index is 1040. The van der Waals surface area contributed by atoms with E-state index in [1.807, 2.05) is 32.9 Å². The molecule has 1 amide bonds. The summed E-state index contributed by atoms with van der Waals surface area (Å²) in [4.78, 5) is 12.9. The third kappa shape index (κ3) is 5.53. The predicted molar refractivity (Wildman–Crippen MR) is 122 cm³/mol. The summed E-state index contributed by atoms with van der Waals surface area (Å²) in [6.07, 6.45) is -0.345. The van der Waals surface area contributed by atoms with Crippen molar-refractivity contribution in [1.29, 1.82) is 0 Å². The zero-order valence-corrected chi connectivity index (χ0v) is 19.7. The molecule has 168 valence electrons. The van der Waals surface area contributed by atoms with Crippen molar-refractivity contribution in [1.82, 2.24) is 9.62 Å². The summed E-state index contributed by atoms with van der Waals surface area (Å²) >= 11 is 0. The van der Waals surface area contributed by atoms with Crippen LogP contribution in [0.15, 0.2) is 53.4 Å². The van der Waals surface area contributed by atoms with Crippen LogP contribution in [0, 0.1) is 6.92 Å². The van der Waals surface area contributed by atoms with Gasteiger partial charge < -0.3 is 10.1 Å². The Kier molecular flexibility index (Phi) is 6.88. The van der Waals surface area contributed by atoms with Gasteiger partial charge in [0.15, 0.2) is 0 Å². The zero-order chi connectivity index (χ0) is 22.8. The van der Waals surface area contributed by atoms with Crippen LogP contribution in [-0.4, -0.2) is 50.5 Å². The second kappa shape index (κ2) is 9.10. The second-order valence-electron chi connectivity index (χ2n) is 9.04. The number of rotatable bonds is 6. The van der Waals surface area contributed by atoms with E-state index in [2.05, 4.69) is 31.3 Å². The molecule has 2 atom stereocenters. The molecule has 0 bridgehead atoms. The molecule has 0 aliphatic carbocycles. The van der Waals surface area contributed by atoms with E-state index < -0.39 is 10.0 Å². The van der Waals surface area contributed by atoms with Gasteiger partial charge in [-0.25, -0.2) is 8.42 Å². The third-order valence-corrected chi connectivity index (χ3v) is 7.44. The van der Waals surface area contributed by atoms with Crippen LogP contribution in [0.25, 0.3) is 0 Å². The Morgan fingerprint density at radius 1 is 1.10 bits per heavy atom. The lowest BCUT2D eigenvalue weighted by atomic mass is 9.84. The van der Waals surface area contributed by atoms with E-state index in [0.29, 0.717) is 25.2 Å². The van der Waals surface area contributed by atoms with Gasteiger partial charge in [0.05, 0.1) is 17.1 Å². The van der Waals surface area contributed by atoms with E-state index in [0.717, 1.165) is 5.56 Å². The van der Waals surface area contributed by atoms with Crippen molar-refractivity contribution in [3.8, 4) is 0 Å². The van der Waals surface area contributed by atoms with E-state index in [1.54, 1.807) is 12.1 Å². The van der Waals surface area contributed by atoms with Gasteiger partial charge in [0.1, 0.15) is 0 Å². The highest BCUT2D eigenvalue weighted by atomic mass is 32.2. The smallest absolute Gasteiger partial charge is 0.251 e. The molecule has 0 spiro atoms. The van der Waals surface area contributed by atoms with Gasteiger partial charge in [0, 0.05) is 30.6 Å². The van der Waals surface area contributed by atoms with Crippen LogP contribution < -0.4 is 5.32 Å². The Morgan fingerprint density at radius 2 is 1.74 bits per heavy atom. The third-order valence-electron chi connectivity index (χ3n) is 5.61. The molecule has 2 aromatic carbocycles. The lowest BCUT2D eigenvalue weighted by molar-refractivity contribution is -0.0440. The number of benzene rings is 2. The second-order valence-corrected chi connectivity index (χ2v) is 11.0. The molecule has 1 fully saturated rings. The zero-order valence-electron chi connectivity index (χ0n) is 18.9. The standard InChI is InChI=1S/C24H32N2O4S/c1-17-8-6-10-21(12-17)24(4,5)16-25-23(27)20-9-7-11-22(13-20)31(28,29)26-14-18(2)30-19(3)15-26/h6-13,18-19H,14-16H2,1-5H3,(H,25,27). The SMILES string of the molecule is Cc1cccc(C(C)(C)CNC(=O)c2cccc(S(=O)(=O)N3CC(C)OC(C)C3)c2)c1. The van der Waals surface area contributed by atoms with Crippen molar-refractivity contribution in [2.24, 2.45) is 0 Å². The van der Waals surface area contributed by atoms with Gasteiger partial charge in [-0.05, 0) is 44.5 Å². The minimum Gasteiger partial charge on any atom is -0.373 e. The minimum absolute atomic E-state index is 0.124. The maximum atomic E-state index is 13.1. The summed E-state index contributed by atoms with van der Waals surface area (Å²) < 4.78 is 33.3. The lowest BCUT2D eigenvalue weighted by Gasteiger charge is -2.34. The Balaban J connectivity index is 1.74. The monoisotopic (exact) mass is 444 g/mol. The minimum atomic E-state index is -3.70. The number of nitrogens with one attached hydrogen (secondary N) is 1. The molecular formula is C24H32N2O4S. The molecule has 1 aliphatic rings. The highest BCUT2D eigenvalue weighted by molar-refractivity contribution is 7.89. The van der Waals surface area contributed by atoms with E-state index in [4.69, 9.17) is 4.74 Å². The summed E-state index contributed by atoms with van der Waals surface area (Å²) in [5.41, 5.74) is 2.38. The molecule has 0 saturated carbocycles. The number of aryl methyl sites for hydroxylation is 1. The fourth-order valence-corrected chi connectivity index (χ4v) is 5.48. The summed E-state index contributed by atoms with van der Waals surface area (Å²) in [7, 11) is -3.70. The molecule has 6 nitrogen and oxygen atoms in total. The van der Waals surface area contributed by atoms with Crippen molar-refractivity contribution in [2.75, 3.05) is 19.6 Å². The Hall–Kier alpha value is -2.22. The van der Waals surface area contributed by atoms with Gasteiger partial charge in [-0.2, -0.15) is 4.31 Å². The fourth-order valence-electron chi connectivity index (χ4n) is 3.85. The molecular weight excluding hydrogens is 412 g/mol. The van der Waals surface area contributed by atoms with Crippen molar-refractivity contribution in [2.45, 2.75) is 57.1 Å². The number of sulfonamides is 1. The molecule has 3 rings (SSSR count). The average Bonchev–Trinajstić information content (AvgIpc) is 2.71. The van der Waals surface area contributed by atoms with Gasteiger partial charge in [-0.15, -0.1) is 0 Å². The first kappa shape index (κ1) is 23.4. The lowest BCUT2D eigenvalue weighted by Crippen LogP contribution is -2.48. The Labute approximate surface area is 185 Å². The summed E-state index contributed by atoms with van der Waals surface area (Å²) in [5.74, 6) is -0.290. The molecule has 1 N–H and O–H groups in total. The fraction of sp³-hybridized carbons (Fsp3) is 0.458. The molecule has 1 heterocycles. The number of hydrogen-bond acceptors (Lipinski definition) is 4. The van der Waals surface area contributed by atoms with Crippen molar-refractivity contribution in [3.05, 3.63) is 65.2 Å². The van der Waals surface area contributed by atoms with Gasteiger partial charge in [0.25, 0.3) is 5.91 Å². The number of carbonyl (C=O) groups is 1. The average molecular weight is 445 g/mol. The summed E-state index contributed by atoms with van der Waals surface area (Å²) in [6.45, 7) is 10.9. The number of carbonyl (C=O) groups excluding carboxylic acids is 1.